The van der Waals surface area contributed by atoms with Gasteiger partial charge in [0.1, 0.15) is 11.4 Å². The van der Waals surface area contributed by atoms with E-state index in [1.54, 1.807) is 34.8 Å². The highest BCUT2D eigenvalue weighted by Crippen LogP contribution is 2.45. The fourth-order valence-electron chi connectivity index (χ4n) is 7.49. The van der Waals surface area contributed by atoms with Crippen molar-refractivity contribution in [3.05, 3.63) is 91.8 Å². The van der Waals surface area contributed by atoms with E-state index in [1.807, 2.05) is 63.7 Å². The van der Waals surface area contributed by atoms with Gasteiger partial charge in [-0.05, 0) is 101 Å². The number of aromatic carboxylic acids is 1. The first-order valence-electron chi connectivity index (χ1n) is 16.6. The van der Waals surface area contributed by atoms with Crippen LogP contribution in [0.1, 0.15) is 68.3 Å². The molecule has 3 aromatic carbocycles. The van der Waals surface area contributed by atoms with E-state index in [4.69, 9.17) is 38.1 Å². The molecule has 258 valence electrons. The Balaban J connectivity index is 1.38. The van der Waals surface area contributed by atoms with Crippen LogP contribution in [0.4, 0.5) is 5.82 Å². The lowest BCUT2D eigenvalue weighted by atomic mass is 9.98. The molecular formula is C38H38Cl2N6O4. The van der Waals surface area contributed by atoms with E-state index >= 15 is 0 Å². The van der Waals surface area contributed by atoms with Gasteiger partial charge in [-0.1, -0.05) is 29.3 Å². The number of hydrogen-bond acceptors (Lipinski definition) is 5. The molecule has 1 N–H and O–H groups in total. The number of halogens is 2. The maximum absolute atomic E-state index is 14.9. The van der Waals surface area contributed by atoms with Gasteiger partial charge >= 0.3 is 5.97 Å². The molecule has 1 amide bonds. The summed E-state index contributed by atoms with van der Waals surface area (Å²) in [5, 5.41) is 22.1. The van der Waals surface area contributed by atoms with Crippen molar-refractivity contribution < 1.29 is 19.4 Å². The van der Waals surface area contributed by atoms with E-state index in [-0.39, 0.29) is 17.5 Å². The normalized spacial score (nSPS) is 14.6. The zero-order chi connectivity index (χ0) is 35.8. The van der Waals surface area contributed by atoms with E-state index in [9.17, 15) is 14.7 Å². The Bertz CT molecular complexity index is 2360. The molecule has 0 radical (unpaired) electrons. The summed E-state index contributed by atoms with van der Waals surface area (Å²) in [5.41, 5.74) is 8.76. The zero-order valence-corrected chi connectivity index (χ0v) is 30.6. The maximum atomic E-state index is 14.9. The number of carbonyl (C=O) groups excluding carboxylic acids is 1. The number of benzene rings is 3. The topological polar surface area (TPSA) is 107 Å². The molecule has 12 heteroatoms. The van der Waals surface area contributed by atoms with Crippen molar-refractivity contribution in [1.82, 2.24) is 24.1 Å². The van der Waals surface area contributed by atoms with Crippen LogP contribution in [-0.2, 0) is 20.5 Å². The Kier molecular flexibility index (Phi) is 8.43. The van der Waals surface area contributed by atoms with Gasteiger partial charge in [-0.3, -0.25) is 19.1 Å². The quantitative estimate of drug-likeness (QED) is 0.159. The maximum Gasteiger partial charge on any atom is 0.335 e. The molecule has 10 nitrogen and oxygen atoms in total. The first-order chi connectivity index (χ1) is 23.8. The highest BCUT2D eigenvalue weighted by atomic mass is 35.5. The number of carboxylic acids is 1. The standard InChI is InChI=1S/C38H38Cl2N6O4/c1-19-15-25(16-20(2)33(19)40)50-14-8-9-26-27-11-12-29(39)32(31-22(4)41-43(6)23(31)5)34(27)46-21(3)18-45(37(47)35(26)46)36-28-17-24(38(48)49)10-13-30(28)44(7)42-36/h10-13,15-17,21H,8-9,14,18H2,1-7H3,(H,48,49)/t21-/m1/s1. The van der Waals surface area contributed by atoms with E-state index in [2.05, 4.69) is 11.5 Å². The summed E-state index contributed by atoms with van der Waals surface area (Å²) in [6, 6.07) is 12.5. The van der Waals surface area contributed by atoms with Crippen molar-refractivity contribution in [1.29, 1.82) is 0 Å². The van der Waals surface area contributed by atoms with Gasteiger partial charge in [-0.2, -0.15) is 10.2 Å². The molecule has 0 bridgehead atoms. The lowest BCUT2D eigenvalue weighted by Gasteiger charge is -2.33. The minimum atomic E-state index is -1.04. The van der Waals surface area contributed by atoms with Crippen LogP contribution in [0.3, 0.4) is 0 Å². The molecule has 1 aliphatic heterocycles. The van der Waals surface area contributed by atoms with E-state index in [1.165, 1.54) is 0 Å². The summed E-state index contributed by atoms with van der Waals surface area (Å²) in [4.78, 5) is 28.5. The van der Waals surface area contributed by atoms with Crippen molar-refractivity contribution in [3.8, 4) is 16.9 Å². The summed E-state index contributed by atoms with van der Waals surface area (Å²) < 4.78 is 11.9. The number of ether oxygens (including phenoxy) is 1. The largest absolute Gasteiger partial charge is 0.494 e. The predicted molar refractivity (Wildman–Crippen MR) is 197 cm³/mol. The van der Waals surface area contributed by atoms with Crippen molar-refractivity contribution in [2.24, 2.45) is 14.1 Å². The summed E-state index contributed by atoms with van der Waals surface area (Å²) >= 11 is 13.4. The highest BCUT2D eigenvalue weighted by Gasteiger charge is 2.38. The number of rotatable bonds is 8. The van der Waals surface area contributed by atoms with Gasteiger partial charge in [-0.15, -0.1) is 0 Å². The van der Waals surface area contributed by atoms with Crippen LogP contribution in [0.25, 0.3) is 32.9 Å². The molecule has 0 saturated heterocycles. The van der Waals surface area contributed by atoms with Crippen LogP contribution >= 0.6 is 23.2 Å². The Morgan fingerprint density at radius 2 is 1.68 bits per heavy atom. The van der Waals surface area contributed by atoms with E-state index in [0.717, 1.165) is 66.4 Å². The van der Waals surface area contributed by atoms with E-state index in [0.29, 0.717) is 47.9 Å². The molecule has 4 heterocycles. The minimum Gasteiger partial charge on any atom is -0.494 e. The number of aryl methyl sites for hydroxylation is 6. The lowest BCUT2D eigenvalue weighted by Crippen LogP contribution is -2.43. The number of amides is 1. The molecule has 3 aromatic heterocycles. The average Bonchev–Trinajstić information content (AvgIpc) is 3.67. The van der Waals surface area contributed by atoms with Crippen LogP contribution in [0.5, 0.6) is 5.75 Å². The van der Waals surface area contributed by atoms with Gasteiger partial charge in [0.25, 0.3) is 5.91 Å². The summed E-state index contributed by atoms with van der Waals surface area (Å²) in [7, 11) is 3.71. The van der Waals surface area contributed by atoms with Gasteiger partial charge in [0, 0.05) is 59.3 Å². The molecule has 0 saturated carbocycles. The smallest absolute Gasteiger partial charge is 0.335 e. The first-order valence-corrected chi connectivity index (χ1v) is 17.3. The second kappa shape index (κ2) is 12.5. The summed E-state index contributed by atoms with van der Waals surface area (Å²) in [6.07, 6.45) is 1.21. The van der Waals surface area contributed by atoms with Crippen LogP contribution < -0.4 is 9.64 Å². The van der Waals surface area contributed by atoms with Gasteiger partial charge in [-0.25, -0.2) is 4.79 Å². The number of fused-ring (bicyclic) bond motifs is 4. The summed E-state index contributed by atoms with van der Waals surface area (Å²) in [6.45, 7) is 10.8. The average molecular weight is 714 g/mol. The second-order valence-corrected chi connectivity index (χ2v) is 14.0. The Labute approximate surface area is 299 Å². The predicted octanol–water partition coefficient (Wildman–Crippen LogP) is 8.40. The fourth-order valence-corrected chi connectivity index (χ4v) is 7.85. The number of anilines is 1. The zero-order valence-electron chi connectivity index (χ0n) is 29.1. The number of hydrogen-bond donors (Lipinski definition) is 1. The molecule has 50 heavy (non-hydrogen) atoms. The number of nitrogens with zero attached hydrogens (tertiary/aromatic N) is 6. The van der Waals surface area contributed by atoms with Gasteiger partial charge in [0.15, 0.2) is 5.82 Å². The molecule has 0 spiro atoms. The molecular weight excluding hydrogens is 675 g/mol. The van der Waals surface area contributed by atoms with Crippen molar-refractivity contribution in [2.75, 3.05) is 18.1 Å². The lowest BCUT2D eigenvalue weighted by molar-refractivity contribution is 0.0696. The van der Waals surface area contributed by atoms with Crippen molar-refractivity contribution in [2.45, 2.75) is 53.5 Å². The van der Waals surface area contributed by atoms with Gasteiger partial charge in [0.05, 0.1) is 33.9 Å². The van der Waals surface area contributed by atoms with Crippen LogP contribution in [-0.4, -0.2) is 54.3 Å². The molecule has 0 fully saturated rings. The minimum absolute atomic E-state index is 0.131. The molecule has 7 rings (SSSR count). The Morgan fingerprint density at radius 1 is 0.960 bits per heavy atom. The Hall–Kier alpha value is -4.80. The van der Waals surface area contributed by atoms with Crippen LogP contribution in [0.15, 0.2) is 42.5 Å². The second-order valence-electron chi connectivity index (χ2n) is 13.3. The third kappa shape index (κ3) is 5.32. The summed E-state index contributed by atoms with van der Waals surface area (Å²) in [5.74, 6) is -0.0667. The number of aromatic nitrogens is 5. The van der Waals surface area contributed by atoms with Crippen molar-refractivity contribution in [3.63, 3.8) is 0 Å². The molecule has 6 aromatic rings. The van der Waals surface area contributed by atoms with Gasteiger partial charge in [0.2, 0.25) is 0 Å². The number of carbonyl (C=O) groups is 2. The molecule has 0 unspecified atom stereocenters. The van der Waals surface area contributed by atoms with Crippen LogP contribution in [0, 0.1) is 27.7 Å². The molecule has 1 atom stereocenters. The Morgan fingerprint density at radius 3 is 2.34 bits per heavy atom. The third-order valence-corrected chi connectivity index (χ3v) is 10.8. The molecule has 1 aliphatic rings. The first kappa shape index (κ1) is 33.7. The highest BCUT2D eigenvalue weighted by molar-refractivity contribution is 6.35. The third-order valence-electron chi connectivity index (χ3n) is 9.90. The monoisotopic (exact) mass is 712 g/mol. The van der Waals surface area contributed by atoms with Gasteiger partial charge < -0.3 is 14.4 Å². The fraction of sp³-hybridized carbons (Fsp3) is 0.316. The van der Waals surface area contributed by atoms with Crippen molar-refractivity contribution >= 4 is 62.7 Å². The van der Waals surface area contributed by atoms with E-state index < -0.39 is 5.97 Å². The van der Waals surface area contributed by atoms with Crippen LogP contribution in [0.2, 0.25) is 10.0 Å². The number of carboxylic acid groups (broad SMARTS) is 1. The SMILES string of the molecule is Cc1cc(OCCCc2c3n(c4c(-c5c(C)nn(C)c5C)c(Cl)ccc24)[C@H](C)CN(c2nn(C)c4ccc(C(=O)O)cc24)C3=O)cc(C)c1Cl. The molecule has 0 aliphatic carbocycles.